The van der Waals surface area contributed by atoms with Crippen LogP contribution >= 0.6 is 0 Å². The number of nitrogens with zero attached hydrogens (tertiary/aromatic N) is 2. The number of alkyl halides is 3. The molecule has 4 aromatic rings. The van der Waals surface area contributed by atoms with E-state index in [2.05, 4.69) is 29.6 Å². The van der Waals surface area contributed by atoms with Crippen molar-refractivity contribution in [3.05, 3.63) is 83.1 Å². The summed E-state index contributed by atoms with van der Waals surface area (Å²) in [6.07, 6.45) is 0.505. The number of anilines is 1. The average Bonchev–Trinajstić information content (AvgIpc) is 3.27. The molecule has 2 aromatic carbocycles. The van der Waals surface area contributed by atoms with Gasteiger partial charge < -0.3 is 14.5 Å². The maximum atomic E-state index is 13.4. The zero-order chi connectivity index (χ0) is 23.2. The number of hydrogen-bond acceptors (Lipinski definition) is 3. The van der Waals surface area contributed by atoms with Gasteiger partial charge in [-0.1, -0.05) is 24.3 Å². The molecule has 0 amide bonds. The van der Waals surface area contributed by atoms with E-state index in [1.165, 1.54) is 18.6 Å². The van der Waals surface area contributed by atoms with E-state index in [4.69, 9.17) is 9.72 Å². The van der Waals surface area contributed by atoms with Gasteiger partial charge >= 0.3 is 6.18 Å². The van der Waals surface area contributed by atoms with E-state index < -0.39 is 11.7 Å². The Bertz CT molecular complexity index is 1370. The van der Waals surface area contributed by atoms with Crippen LogP contribution in [0.4, 0.5) is 19.0 Å². The van der Waals surface area contributed by atoms with Crippen molar-refractivity contribution < 1.29 is 17.9 Å². The van der Waals surface area contributed by atoms with Gasteiger partial charge in [0.2, 0.25) is 0 Å². The zero-order valence-electron chi connectivity index (χ0n) is 18.4. The normalized spacial score (nSPS) is 15.6. The highest BCUT2D eigenvalue weighted by Crippen LogP contribution is 2.36. The van der Waals surface area contributed by atoms with Crippen LogP contribution in [-0.4, -0.2) is 22.6 Å². The number of fused-ring (bicyclic) bond motifs is 3. The van der Waals surface area contributed by atoms with Gasteiger partial charge in [0.25, 0.3) is 0 Å². The molecule has 170 valence electrons. The Morgan fingerprint density at radius 2 is 1.97 bits per heavy atom. The van der Waals surface area contributed by atoms with Gasteiger partial charge in [0, 0.05) is 11.6 Å². The maximum absolute atomic E-state index is 13.4. The molecule has 2 aromatic heterocycles. The fourth-order valence-corrected chi connectivity index (χ4v) is 4.59. The smallest absolute Gasteiger partial charge is 0.377 e. The Labute approximate surface area is 189 Å². The molecule has 0 unspecified atom stereocenters. The number of hydrogen-bond donors (Lipinski definition) is 1. The highest BCUT2D eigenvalue weighted by atomic mass is 19.4. The van der Waals surface area contributed by atoms with Crippen LogP contribution in [0.3, 0.4) is 0 Å². The number of halogens is 3. The molecule has 0 aliphatic carbocycles. The van der Waals surface area contributed by atoms with Gasteiger partial charge in [-0.25, -0.2) is 4.98 Å². The van der Waals surface area contributed by atoms with E-state index in [0.717, 1.165) is 34.6 Å². The molecule has 0 radical (unpaired) electrons. The van der Waals surface area contributed by atoms with Crippen molar-refractivity contribution in [2.75, 3.05) is 18.5 Å². The first-order valence-electron chi connectivity index (χ1n) is 10.9. The second-order valence-electron chi connectivity index (χ2n) is 8.37. The lowest BCUT2D eigenvalue weighted by atomic mass is 9.97. The molecule has 1 aliphatic rings. The Morgan fingerprint density at radius 1 is 1.12 bits per heavy atom. The van der Waals surface area contributed by atoms with Crippen molar-refractivity contribution in [2.45, 2.75) is 32.5 Å². The second kappa shape index (κ2) is 8.23. The summed E-state index contributed by atoms with van der Waals surface area (Å²) in [5.74, 6) is 0.648. The zero-order valence-corrected chi connectivity index (χ0v) is 18.4. The molecule has 7 heteroatoms. The summed E-state index contributed by atoms with van der Waals surface area (Å²) in [6, 6.07) is 14.1. The van der Waals surface area contributed by atoms with Gasteiger partial charge in [0.1, 0.15) is 11.5 Å². The SMILES string of the molecule is Cc1c([C@@H](C)Nc2nc3cccn3c3ccc(C4=CCOCC4)cc23)cccc1C(F)(F)F. The number of benzene rings is 2. The molecule has 0 saturated carbocycles. The second-order valence-corrected chi connectivity index (χ2v) is 8.37. The van der Waals surface area contributed by atoms with Crippen LogP contribution in [0.1, 0.15) is 41.6 Å². The molecule has 4 nitrogen and oxygen atoms in total. The average molecular weight is 451 g/mol. The van der Waals surface area contributed by atoms with Crippen molar-refractivity contribution in [1.82, 2.24) is 9.38 Å². The molecule has 1 N–H and O–H groups in total. The van der Waals surface area contributed by atoms with Crippen LogP contribution in [0.15, 0.2) is 60.8 Å². The van der Waals surface area contributed by atoms with Crippen LogP contribution in [0.5, 0.6) is 0 Å². The Hall–Kier alpha value is -3.32. The Balaban J connectivity index is 1.60. The largest absolute Gasteiger partial charge is 0.416 e. The highest BCUT2D eigenvalue weighted by Gasteiger charge is 2.33. The quantitative estimate of drug-likeness (QED) is 0.371. The molecule has 1 atom stereocenters. The van der Waals surface area contributed by atoms with Gasteiger partial charge in [-0.05, 0) is 72.9 Å². The minimum Gasteiger partial charge on any atom is -0.377 e. The van der Waals surface area contributed by atoms with Crippen molar-refractivity contribution in [3.8, 4) is 0 Å². The first-order valence-corrected chi connectivity index (χ1v) is 10.9. The summed E-state index contributed by atoms with van der Waals surface area (Å²) in [5.41, 5.74) is 4.30. The number of rotatable bonds is 4. The number of aromatic nitrogens is 2. The molecule has 3 heterocycles. The third-order valence-electron chi connectivity index (χ3n) is 6.30. The molecule has 0 saturated heterocycles. The van der Waals surface area contributed by atoms with E-state index in [-0.39, 0.29) is 11.6 Å². The molecule has 0 bridgehead atoms. The standard InChI is InChI=1S/C26H24F3N3O/c1-16-20(5-3-6-22(16)26(27,28)29)17(2)30-25-21-15-19(18-10-13-33-14-11-18)8-9-23(21)32-12-4-7-24(32)31-25/h3-10,12,15,17H,11,13-14H2,1-2H3,(H,30,31)/t17-/m1/s1. The monoisotopic (exact) mass is 451 g/mol. The first kappa shape index (κ1) is 21.5. The predicted molar refractivity (Wildman–Crippen MR) is 124 cm³/mol. The molecule has 0 spiro atoms. The minimum atomic E-state index is -4.39. The fourth-order valence-electron chi connectivity index (χ4n) is 4.59. The summed E-state index contributed by atoms with van der Waals surface area (Å²) >= 11 is 0. The maximum Gasteiger partial charge on any atom is 0.416 e. The van der Waals surface area contributed by atoms with Gasteiger partial charge in [-0.15, -0.1) is 0 Å². The summed E-state index contributed by atoms with van der Waals surface area (Å²) in [5, 5.41) is 4.31. The van der Waals surface area contributed by atoms with Crippen molar-refractivity contribution >= 4 is 27.9 Å². The molecule has 33 heavy (non-hydrogen) atoms. The van der Waals surface area contributed by atoms with Crippen molar-refractivity contribution in [1.29, 1.82) is 0 Å². The van der Waals surface area contributed by atoms with Crippen molar-refractivity contribution in [2.24, 2.45) is 0 Å². The lowest BCUT2D eigenvalue weighted by molar-refractivity contribution is -0.138. The fraction of sp³-hybridized carbons (Fsp3) is 0.269. The summed E-state index contributed by atoms with van der Waals surface area (Å²) in [7, 11) is 0. The molecule has 0 fully saturated rings. The summed E-state index contributed by atoms with van der Waals surface area (Å²) < 4.78 is 47.8. The Kier molecular flexibility index (Phi) is 5.37. The van der Waals surface area contributed by atoms with Crippen LogP contribution in [0.2, 0.25) is 0 Å². The number of nitrogens with one attached hydrogen (secondary N) is 1. The van der Waals surface area contributed by atoms with Gasteiger partial charge in [-0.3, -0.25) is 0 Å². The predicted octanol–water partition coefficient (Wildman–Crippen LogP) is 6.79. The van der Waals surface area contributed by atoms with E-state index in [1.807, 2.05) is 29.7 Å². The first-order chi connectivity index (χ1) is 15.8. The van der Waals surface area contributed by atoms with Gasteiger partial charge in [-0.2, -0.15) is 13.2 Å². The number of ether oxygens (including phenoxy) is 1. The lowest BCUT2D eigenvalue weighted by Crippen LogP contribution is -2.14. The van der Waals surface area contributed by atoms with E-state index in [9.17, 15) is 13.2 Å². The molecular weight excluding hydrogens is 427 g/mol. The van der Waals surface area contributed by atoms with E-state index in [1.54, 1.807) is 6.07 Å². The molecule has 5 rings (SSSR count). The third-order valence-corrected chi connectivity index (χ3v) is 6.30. The lowest BCUT2D eigenvalue weighted by Gasteiger charge is -2.22. The van der Waals surface area contributed by atoms with Crippen LogP contribution in [0, 0.1) is 6.92 Å². The minimum absolute atomic E-state index is 0.228. The summed E-state index contributed by atoms with van der Waals surface area (Å²) in [4.78, 5) is 4.80. The van der Waals surface area contributed by atoms with E-state index >= 15 is 0 Å². The van der Waals surface area contributed by atoms with Crippen molar-refractivity contribution in [3.63, 3.8) is 0 Å². The highest BCUT2D eigenvalue weighted by molar-refractivity contribution is 5.94. The molecular formula is C26H24F3N3O. The van der Waals surface area contributed by atoms with Crippen LogP contribution < -0.4 is 5.32 Å². The summed E-state index contributed by atoms with van der Waals surface area (Å²) in [6.45, 7) is 4.67. The van der Waals surface area contributed by atoms with Crippen LogP contribution in [-0.2, 0) is 10.9 Å². The van der Waals surface area contributed by atoms with Gasteiger partial charge in [0.15, 0.2) is 0 Å². The van der Waals surface area contributed by atoms with Gasteiger partial charge in [0.05, 0.1) is 30.3 Å². The Morgan fingerprint density at radius 3 is 2.73 bits per heavy atom. The third kappa shape index (κ3) is 3.97. The molecule has 1 aliphatic heterocycles. The topological polar surface area (TPSA) is 38.6 Å². The van der Waals surface area contributed by atoms with E-state index in [0.29, 0.717) is 24.6 Å². The van der Waals surface area contributed by atoms with Crippen LogP contribution in [0.25, 0.3) is 22.1 Å².